The van der Waals surface area contributed by atoms with E-state index in [0.717, 1.165) is 24.3 Å². The highest BCUT2D eigenvalue weighted by Gasteiger charge is 1.83. The fraction of sp³-hybridized carbons (Fsp3) is 0. The van der Waals surface area contributed by atoms with Gasteiger partial charge < -0.3 is 10.2 Å². The first-order chi connectivity index (χ1) is 4.63. The highest BCUT2D eigenvalue weighted by atomic mass is 16.5. The summed E-state index contributed by atoms with van der Waals surface area (Å²) in [7, 11) is 0. The average molecular weight is 144 g/mol. The average Bonchev–Trinajstić information content (AvgIpc) is 1.79. The molecule has 0 amide bonds. The van der Waals surface area contributed by atoms with Gasteiger partial charge in [0.1, 0.15) is 0 Å². The summed E-state index contributed by atoms with van der Waals surface area (Å²) >= 11 is 0. The van der Waals surface area contributed by atoms with Gasteiger partial charge >= 0.3 is 11.9 Å². The van der Waals surface area contributed by atoms with Crippen LogP contribution in [0.1, 0.15) is 0 Å². The van der Waals surface area contributed by atoms with E-state index in [4.69, 9.17) is 10.2 Å². The van der Waals surface area contributed by atoms with Gasteiger partial charge in [0.15, 0.2) is 0 Å². The fourth-order valence-electron chi connectivity index (χ4n) is 0.276. The third-order valence-corrected chi connectivity index (χ3v) is 0.589. The van der Waals surface area contributed by atoms with Crippen molar-refractivity contribution in [1.82, 2.24) is 0 Å². The molecular weight excluding hydrogens is 138 g/mol. The zero-order valence-corrected chi connectivity index (χ0v) is 5.02. The molecule has 4 heteroatoms. The van der Waals surface area contributed by atoms with E-state index < -0.39 is 11.9 Å². The topological polar surface area (TPSA) is 74.6 Å². The second-order valence-corrected chi connectivity index (χ2v) is 1.39. The Morgan fingerprint density at radius 2 is 1.20 bits per heavy atom. The lowest BCUT2D eigenvalue weighted by Crippen LogP contribution is -1.86. The van der Waals surface area contributed by atoms with Gasteiger partial charge in [0, 0.05) is 12.2 Å². The van der Waals surface area contributed by atoms with Crippen LogP contribution in [0.2, 0.25) is 0 Å². The molecule has 0 fully saturated rings. The van der Waals surface area contributed by atoms with Gasteiger partial charge in [-0.25, -0.2) is 9.59 Å². The van der Waals surface area contributed by atoms with Gasteiger partial charge in [0.2, 0.25) is 0 Å². The summed E-state index contributed by atoms with van der Waals surface area (Å²) in [5, 5.41) is 16.0. The molecule has 0 unspecified atom stereocenters. The molecule has 0 aliphatic heterocycles. The van der Waals surface area contributed by atoms with Crippen LogP contribution in [0.3, 0.4) is 0 Å². The van der Waals surface area contributed by atoms with E-state index in [1.165, 1.54) is 0 Å². The number of hydrogen-bond acceptors (Lipinski definition) is 2. The number of carboxylic acid groups (broad SMARTS) is 2. The van der Waals surface area contributed by atoms with Crippen LogP contribution in [-0.2, 0) is 9.59 Å². The van der Waals surface area contributed by atoms with Crippen molar-refractivity contribution in [2.75, 3.05) is 0 Å². The molecule has 0 aliphatic carbocycles. The van der Waals surface area contributed by atoms with Crippen molar-refractivity contribution in [2.45, 2.75) is 0 Å². The number of rotatable bonds is 3. The monoisotopic (exact) mass is 144 g/mol. The molecule has 0 radical (unpaired) electrons. The van der Waals surface area contributed by atoms with Crippen molar-refractivity contribution in [3.63, 3.8) is 0 Å². The summed E-state index contributed by atoms with van der Waals surface area (Å²) in [5.41, 5.74) is 0. The molecular formula is C6H6O4. The minimum absolute atomic E-state index is 0.847. The Labute approximate surface area is 57.1 Å². The minimum atomic E-state index is -1.10. The molecule has 0 aliphatic rings. The number of allylic oxidation sites excluding steroid dienone is 2. The predicted molar refractivity (Wildman–Crippen MR) is 33.6 cm³/mol. The van der Waals surface area contributed by atoms with Gasteiger partial charge in [-0.3, -0.25) is 0 Å². The molecule has 4 nitrogen and oxygen atoms in total. The van der Waals surface area contributed by atoms with E-state index >= 15 is 0 Å². The number of aliphatic carboxylic acids is 2. The molecule has 0 bridgehead atoms. The van der Waals surface area contributed by atoms with Gasteiger partial charge in [0.25, 0.3) is 0 Å². The van der Waals surface area contributed by atoms with Crippen LogP contribution in [0.5, 0.6) is 0 Å². The minimum Gasteiger partial charge on any atom is -0.478 e. The first kappa shape index (κ1) is 8.42. The molecule has 0 aromatic heterocycles. The lowest BCUT2D eigenvalue weighted by Gasteiger charge is -1.75. The normalized spacial score (nSPS) is 10.8. The molecule has 0 saturated heterocycles. The second kappa shape index (κ2) is 4.31. The highest BCUT2D eigenvalue weighted by molar-refractivity contribution is 5.82. The van der Waals surface area contributed by atoms with E-state index in [1.807, 2.05) is 0 Å². The highest BCUT2D eigenvalue weighted by Crippen LogP contribution is 1.76. The van der Waals surface area contributed by atoms with Crippen molar-refractivity contribution in [3.05, 3.63) is 24.3 Å². The third-order valence-electron chi connectivity index (χ3n) is 0.589. The summed E-state index contributed by atoms with van der Waals surface area (Å²) < 4.78 is 0. The van der Waals surface area contributed by atoms with Crippen LogP contribution in [-0.4, -0.2) is 22.2 Å². The largest absolute Gasteiger partial charge is 0.478 e. The van der Waals surface area contributed by atoms with Gasteiger partial charge in [-0.2, -0.15) is 0 Å². The predicted octanol–water partition coefficient (Wildman–Crippen LogP) is 0.268. The Kier molecular flexibility index (Phi) is 3.63. The zero-order chi connectivity index (χ0) is 7.98. The Balaban J connectivity index is 3.73. The van der Waals surface area contributed by atoms with Gasteiger partial charge in [-0.15, -0.1) is 0 Å². The number of carbonyl (C=O) groups is 2. The zero-order valence-electron chi connectivity index (χ0n) is 5.02. The molecule has 0 heterocycles. The molecule has 0 saturated carbocycles. The van der Waals surface area contributed by atoms with Crippen LogP contribution < -0.4 is 0 Å². The SMILES string of the molecule is O=[13C](O)/C=C/C=C/[13C](=O)O. The quantitative estimate of drug-likeness (QED) is 0.338. The smallest absolute Gasteiger partial charge is 0.328 e. The summed E-state index contributed by atoms with van der Waals surface area (Å²) in [4.78, 5) is 19.6. The van der Waals surface area contributed by atoms with Crippen LogP contribution in [0.25, 0.3) is 0 Å². The van der Waals surface area contributed by atoms with E-state index in [2.05, 4.69) is 0 Å². The van der Waals surface area contributed by atoms with E-state index in [9.17, 15) is 9.59 Å². The van der Waals surface area contributed by atoms with E-state index in [0.29, 0.717) is 0 Å². The van der Waals surface area contributed by atoms with Crippen LogP contribution in [0.4, 0.5) is 0 Å². The van der Waals surface area contributed by atoms with Crippen LogP contribution in [0, 0.1) is 0 Å². The molecule has 0 rings (SSSR count). The van der Waals surface area contributed by atoms with Crippen LogP contribution in [0.15, 0.2) is 24.3 Å². The van der Waals surface area contributed by atoms with E-state index in [-0.39, 0.29) is 0 Å². The maximum atomic E-state index is 9.78. The van der Waals surface area contributed by atoms with Crippen molar-refractivity contribution in [1.29, 1.82) is 0 Å². The third kappa shape index (κ3) is 6.42. The summed E-state index contributed by atoms with van der Waals surface area (Å²) in [5.74, 6) is -2.20. The summed E-state index contributed by atoms with van der Waals surface area (Å²) in [6, 6.07) is 0. The molecule has 0 aromatic rings. The summed E-state index contributed by atoms with van der Waals surface area (Å²) in [6.45, 7) is 0. The maximum Gasteiger partial charge on any atom is 0.328 e. The lowest BCUT2D eigenvalue weighted by molar-refractivity contribution is -0.132. The molecule has 0 spiro atoms. The Morgan fingerprint density at radius 1 is 0.900 bits per heavy atom. The second-order valence-electron chi connectivity index (χ2n) is 1.39. The number of carboxylic acids is 2. The van der Waals surface area contributed by atoms with Gasteiger partial charge in [-0.1, -0.05) is 12.2 Å². The van der Waals surface area contributed by atoms with Gasteiger partial charge in [0.05, 0.1) is 0 Å². The fourth-order valence-corrected chi connectivity index (χ4v) is 0.276. The van der Waals surface area contributed by atoms with Crippen molar-refractivity contribution in [3.8, 4) is 0 Å². The first-order valence-electron chi connectivity index (χ1n) is 2.43. The number of hydrogen-bond donors (Lipinski definition) is 2. The lowest BCUT2D eigenvalue weighted by atomic mass is 10.5. The first-order valence-corrected chi connectivity index (χ1v) is 2.43. The molecule has 0 atom stereocenters. The van der Waals surface area contributed by atoms with E-state index in [1.54, 1.807) is 0 Å². The molecule has 2 N–H and O–H groups in total. The molecule has 54 valence electrons. The van der Waals surface area contributed by atoms with Crippen molar-refractivity contribution < 1.29 is 19.8 Å². The van der Waals surface area contributed by atoms with Crippen molar-refractivity contribution in [2.24, 2.45) is 0 Å². The Morgan fingerprint density at radius 3 is 1.40 bits per heavy atom. The maximum absolute atomic E-state index is 9.78. The van der Waals surface area contributed by atoms with Crippen molar-refractivity contribution >= 4 is 11.9 Å². The Hall–Kier alpha value is -1.58. The standard InChI is InChI=1S/C6H6O4/c7-5(8)3-1-2-4-6(9)10/h1-4H,(H,7,8)(H,9,10)/b3-1+,4-2+/i5+1,6+1. The van der Waals surface area contributed by atoms with Crippen LogP contribution >= 0.6 is 0 Å². The molecule has 0 aromatic carbocycles. The molecule has 10 heavy (non-hydrogen) atoms. The Bertz CT molecular complexity index is 168. The summed E-state index contributed by atoms with van der Waals surface area (Å²) in [6.07, 6.45) is 3.96. The van der Waals surface area contributed by atoms with Gasteiger partial charge in [-0.05, 0) is 0 Å².